The van der Waals surface area contributed by atoms with E-state index < -0.39 is 0 Å². The minimum atomic E-state index is -0.131. The van der Waals surface area contributed by atoms with Gasteiger partial charge in [0.15, 0.2) is 0 Å². The average molecular weight is 302 g/mol. The van der Waals surface area contributed by atoms with Gasteiger partial charge in [0.1, 0.15) is 6.54 Å². The van der Waals surface area contributed by atoms with E-state index in [1.54, 1.807) is 22.9 Å². The van der Waals surface area contributed by atoms with E-state index in [0.29, 0.717) is 17.4 Å². The molecule has 0 saturated carbocycles. The van der Waals surface area contributed by atoms with Gasteiger partial charge >= 0.3 is 0 Å². The van der Waals surface area contributed by atoms with Crippen LogP contribution in [0.5, 0.6) is 0 Å². The third-order valence-electron chi connectivity index (χ3n) is 3.70. The summed E-state index contributed by atoms with van der Waals surface area (Å²) >= 11 is 0. The van der Waals surface area contributed by atoms with Crippen LogP contribution in [0.25, 0.3) is 10.9 Å². The van der Waals surface area contributed by atoms with Crippen molar-refractivity contribution in [1.29, 1.82) is 0 Å². The van der Waals surface area contributed by atoms with Crippen LogP contribution in [0, 0.1) is 0 Å². The maximum Gasteiger partial charge on any atom is 0.241 e. The zero-order valence-corrected chi connectivity index (χ0v) is 13.1. The fourth-order valence-electron chi connectivity index (χ4n) is 2.37. The fourth-order valence-corrected chi connectivity index (χ4v) is 2.37. The molecule has 1 heterocycles. The Morgan fingerprint density at radius 1 is 1.27 bits per heavy atom. The summed E-state index contributed by atoms with van der Waals surface area (Å²) < 4.78 is 1.56. The number of aromatic nitrogens is 2. The highest BCUT2D eigenvalue weighted by atomic mass is 16.2. The Hall–Kier alpha value is -2.21. The second-order valence-electron chi connectivity index (χ2n) is 5.06. The van der Waals surface area contributed by atoms with E-state index in [9.17, 15) is 9.59 Å². The summed E-state index contributed by atoms with van der Waals surface area (Å²) in [4.78, 5) is 26.0. The fraction of sp³-hybridized carbons (Fsp3) is 0.438. The lowest BCUT2D eigenvalue weighted by atomic mass is 10.2. The van der Waals surface area contributed by atoms with Crippen molar-refractivity contribution in [1.82, 2.24) is 20.0 Å². The van der Waals surface area contributed by atoms with Gasteiger partial charge in [0.25, 0.3) is 0 Å². The number of carbonyl (C=O) groups excluding carboxylic acids is 1. The Kier molecular flexibility index (Phi) is 5.66. The Labute approximate surface area is 129 Å². The number of nitrogens with zero attached hydrogens (tertiary/aromatic N) is 3. The first-order chi connectivity index (χ1) is 10.7. The van der Waals surface area contributed by atoms with E-state index >= 15 is 0 Å². The minimum Gasteiger partial charge on any atom is -0.353 e. The molecule has 6 heteroatoms. The first-order valence-corrected chi connectivity index (χ1v) is 7.59. The highest BCUT2D eigenvalue weighted by Gasteiger charge is 2.08. The molecule has 0 aliphatic heterocycles. The van der Waals surface area contributed by atoms with Crippen molar-refractivity contribution < 1.29 is 4.79 Å². The Morgan fingerprint density at radius 3 is 2.73 bits per heavy atom. The lowest BCUT2D eigenvalue weighted by molar-refractivity contribution is -0.121. The molecule has 2 rings (SSSR count). The molecule has 1 aromatic heterocycles. The van der Waals surface area contributed by atoms with Gasteiger partial charge in [-0.1, -0.05) is 26.0 Å². The van der Waals surface area contributed by atoms with E-state index in [2.05, 4.69) is 29.2 Å². The van der Waals surface area contributed by atoms with Gasteiger partial charge in [0.05, 0.1) is 11.7 Å². The standard InChI is InChI=1S/C16H22N4O2/c1-3-19(4-2)10-9-17-16(22)12-20-14-8-6-5-7-13(14)15(21)11-18-20/h5-8,11H,3-4,9-10,12H2,1-2H3,(H,17,22). The van der Waals surface area contributed by atoms with Crippen LogP contribution < -0.4 is 10.7 Å². The first kappa shape index (κ1) is 16.2. The smallest absolute Gasteiger partial charge is 0.241 e. The average Bonchev–Trinajstić information content (AvgIpc) is 2.54. The zero-order chi connectivity index (χ0) is 15.9. The zero-order valence-electron chi connectivity index (χ0n) is 13.1. The second kappa shape index (κ2) is 7.70. The molecule has 0 spiro atoms. The van der Waals surface area contributed by atoms with Crippen molar-refractivity contribution in [3.8, 4) is 0 Å². The number of carbonyl (C=O) groups is 1. The number of para-hydroxylation sites is 1. The SMILES string of the molecule is CCN(CC)CCNC(=O)Cn1ncc(=O)c2ccccc21. The molecule has 0 aliphatic carbocycles. The molecule has 0 bridgehead atoms. The molecular formula is C16H22N4O2. The van der Waals surface area contributed by atoms with Gasteiger partial charge in [-0.2, -0.15) is 5.10 Å². The van der Waals surface area contributed by atoms with Crippen LogP contribution in [0.1, 0.15) is 13.8 Å². The van der Waals surface area contributed by atoms with Gasteiger partial charge in [-0.15, -0.1) is 0 Å². The van der Waals surface area contributed by atoms with Crippen LogP contribution in [0.4, 0.5) is 0 Å². The second-order valence-corrected chi connectivity index (χ2v) is 5.06. The molecule has 2 aromatic rings. The van der Waals surface area contributed by atoms with Crippen molar-refractivity contribution in [3.05, 3.63) is 40.7 Å². The lowest BCUT2D eigenvalue weighted by Crippen LogP contribution is -2.36. The van der Waals surface area contributed by atoms with Crippen molar-refractivity contribution in [2.45, 2.75) is 20.4 Å². The van der Waals surface area contributed by atoms with Crippen LogP contribution in [0.3, 0.4) is 0 Å². The van der Waals surface area contributed by atoms with Gasteiger partial charge < -0.3 is 10.2 Å². The van der Waals surface area contributed by atoms with Crippen molar-refractivity contribution >= 4 is 16.8 Å². The van der Waals surface area contributed by atoms with Crippen molar-refractivity contribution in [2.24, 2.45) is 0 Å². The Balaban J connectivity index is 2.01. The number of benzene rings is 1. The summed E-state index contributed by atoms with van der Waals surface area (Å²) in [5.74, 6) is -0.103. The van der Waals surface area contributed by atoms with E-state index in [1.165, 1.54) is 6.20 Å². The normalized spacial score (nSPS) is 11.0. The highest BCUT2D eigenvalue weighted by Crippen LogP contribution is 2.07. The molecule has 22 heavy (non-hydrogen) atoms. The molecule has 0 radical (unpaired) electrons. The largest absolute Gasteiger partial charge is 0.353 e. The molecule has 0 unspecified atom stereocenters. The highest BCUT2D eigenvalue weighted by molar-refractivity contribution is 5.81. The van der Waals surface area contributed by atoms with Gasteiger partial charge in [-0.05, 0) is 25.2 Å². The maximum absolute atomic E-state index is 12.0. The summed E-state index contributed by atoms with van der Waals surface area (Å²) in [7, 11) is 0. The lowest BCUT2D eigenvalue weighted by Gasteiger charge is -2.18. The maximum atomic E-state index is 12.0. The molecule has 0 fully saturated rings. The van der Waals surface area contributed by atoms with Crippen molar-refractivity contribution in [2.75, 3.05) is 26.2 Å². The van der Waals surface area contributed by atoms with Gasteiger partial charge in [-0.25, -0.2) is 0 Å². The number of fused-ring (bicyclic) bond motifs is 1. The van der Waals surface area contributed by atoms with Crippen LogP contribution in [-0.4, -0.2) is 46.8 Å². The number of hydrogen-bond acceptors (Lipinski definition) is 4. The van der Waals surface area contributed by atoms with Crippen LogP contribution in [-0.2, 0) is 11.3 Å². The van der Waals surface area contributed by atoms with Gasteiger partial charge in [-0.3, -0.25) is 14.3 Å². The number of nitrogens with one attached hydrogen (secondary N) is 1. The monoisotopic (exact) mass is 302 g/mol. The summed E-state index contributed by atoms with van der Waals surface area (Å²) in [6, 6.07) is 7.18. The molecule has 1 N–H and O–H groups in total. The van der Waals surface area contributed by atoms with Crippen LogP contribution in [0.15, 0.2) is 35.3 Å². The van der Waals surface area contributed by atoms with Crippen molar-refractivity contribution in [3.63, 3.8) is 0 Å². The summed E-state index contributed by atoms with van der Waals surface area (Å²) in [5, 5.41) is 7.52. The number of likely N-dealkylation sites (N-methyl/N-ethyl adjacent to an activating group) is 1. The Bertz CT molecular complexity index is 692. The molecule has 1 aromatic carbocycles. The number of amides is 1. The molecule has 1 amide bonds. The van der Waals surface area contributed by atoms with Crippen LogP contribution in [0.2, 0.25) is 0 Å². The molecule has 118 valence electrons. The number of rotatable bonds is 7. The van der Waals surface area contributed by atoms with E-state index in [4.69, 9.17) is 0 Å². The predicted molar refractivity (Wildman–Crippen MR) is 86.8 cm³/mol. The summed E-state index contributed by atoms with van der Waals surface area (Å²) in [6.07, 6.45) is 1.26. The molecule has 0 atom stereocenters. The Morgan fingerprint density at radius 2 is 2.00 bits per heavy atom. The molecule has 0 aliphatic rings. The summed E-state index contributed by atoms with van der Waals surface area (Å²) in [6.45, 7) is 7.69. The van der Waals surface area contributed by atoms with E-state index in [-0.39, 0.29) is 17.9 Å². The molecular weight excluding hydrogens is 280 g/mol. The third kappa shape index (κ3) is 3.92. The number of hydrogen-bond donors (Lipinski definition) is 1. The quantitative estimate of drug-likeness (QED) is 0.823. The molecule has 0 saturated heterocycles. The van der Waals surface area contributed by atoms with Gasteiger partial charge in [0, 0.05) is 18.5 Å². The molecule has 6 nitrogen and oxygen atoms in total. The van der Waals surface area contributed by atoms with Crippen LogP contribution >= 0.6 is 0 Å². The predicted octanol–water partition coefficient (Wildman–Crippen LogP) is 0.855. The van der Waals surface area contributed by atoms with E-state index in [0.717, 1.165) is 19.6 Å². The first-order valence-electron chi connectivity index (χ1n) is 7.59. The third-order valence-corrected chi connectivity index (χ3v) is 3.70. The van der Waals surface area contributed by atoms with Gasteiger partial charge in [0.2, 0.25) is 11.3 Å². The summed E-state index contributed by atoms with van der Waals surface area (Å²) in [5.41, 5.74) is 0.544. The topological polar surface area (TPSA) is 67.2 Å². The van der Waals surface area contributed by atoms with E-state index in [1.807, 2.05) is 6.07 Å². The minimum absolute atomic E-state index is 0.103.